The van der Waals surface area contributed by atoms with Crippen LogP contribution in [0.1, 0.15) is 34.1 Å². The van der Waals surface area contributed by atoms with E-state index < -0.39 is 11.9 Å². The number of esters is 2. The second-order valence-electron chi connectivity index (χ2n) is 5.27. The number of carbonyl (C=O) groups excluding carboxylic acids is 2. The molecular formula is C16H25N3O4. The molecule has 128 valence electrons. The zero-order valence-corrected chi connectivity index (χ0v) is 14.2. The van der Waals surface area contributed by atoms with Crippen LogP contribution in [0, 0.1) is 5.92 Å². The van der Waals surface area contributed by atoms with Crippen molar-refractivity contribution in [1.29, 1.82) is 0 Å². The zero-order chi connectivity index (χ0) is 17.2. The van der Waals surface area contributed by atoms with Crippen LogP contribution in [0.4, 0.5) is 5.82 Å². The Morgan fingerprint density at radius 1 is 1.26 bits per heavy atom. The van der Waals surface area contributed by atoms with Gasteiger partial charge in [-0.15, -0.1) is 0 Å². The van der Waals surface area contributed by atoms with E-state index in [0.29, 0.717) is 11.7 Å². The molecule has 0 fully saturated rings. The smallest absolute Gasteiger partial charge is 0.347 e. The number of aromatic nitrogens is 2. The van der Waals surface area contributed by atoms with Gasteiger partial charge in [0.15, 0.2) is 5.57 Å². The quantitative estimate of drug-likeness (QED) is 0.325. The van der Waals surface area contributed by atoms with Gasteiger partial charge in [0.2, 0.25) is 0 Å². The van der Waals surface area contributed by atoms with E-state index in [4.69, 9.17) is 9.47 Å². The Balaban J connectivity index is 2.86. The number of nitrogens with zero attached hydrogens (tertiary/aromatic N) is 2. The van der Waals surface area contributed by atoms with Crippen molar-refractivity contribution in [2.45, 2.75) is 40.7 Å². The Kier molecular flexibility index (Phi) is 7.87. The first-order chi connectivity index (χ1) is 11.0. The maximum Gasteiger partial charge on any atom is 0.347 e. The van der Waals surface area contributed by atoms with Gasteiger partial charge < -0.3 is 14.8 Å². The summed E-state index contributed by atoms with van der Waals surface area (Å²) in [7, 11) is 0. The lowest BCUT2D eigenvalue weighted by molar-refractivity contribution is -0.146. The summed E-state index contributed by atoms with van der Waals surface area (Å²) in [5, 5.41) is 7.15. The molecule has 0 atom stereocenters. The van der Waals surface area contributed by atoms with Crippen molar-refractivity contribution in [2.24, 2.45) is 5.92 Å². The number of nitrogens with one attached hydrogen (secondary N) is 1. The Hall–Kier alpha value is -2.31. The van der Waals surface area contributed by atoms with Crippen LogP contribution >= 0.6 is 0 Å². The Morgan fingerprint density at radius 3 is 2.39 bits per heavy atom. The molecule has 1 N–H and O–H groups in total. The maximum absolute atomic E-state index is 11.9. The number of rotatable bonds is 9. The molecule has 0 amide bonds. The highest BCUT2D eigenvalue weighted by Crippen LogP contribution is 2.11. The lowest BCUT2D eigenvalue weighted by atomic mass is 10.1. The van der Waals surface area contributed by atoms with Gasteiger partial charge >= 0.3 is 11.9 Å². The van der Waals surface area contributed by atoms with Gasteiger partial charge in [0.05, 0.1) is 19.4 Å². The number of aryl methyl sites for hydroxylation is 1. The van der Waals surface area contributed by atoms with Crippen molar-refractivity contribution < 1.29 is 19.1 Å². The van der Waals surface area contributed by atoms with Crippen molar-refractivity contribution in [2.75, 3.05) is 18.5 Å². The lowest BCUT2D eigenvalue weighted by Gasteiger charge is -2.10. The highest BCUT2D eigenvalue weighted by atomic mass is 16.6. The van der Waals surface area contributed by atoms with Crippen LogP contribution in [-0.2, 0) is 25.6 Å². The van der Waals surface area contributed by atoms with E-state index in [1.165, 1.54) is 6.20 Å². The van der Waals surface area contributed by atoms with E-state index in [0.717, 1.165) is 13.0 Å². The van der Waals surface area contributed by atoms with Gasteiger partial charge in [0.25, 0.3) is 0 Å². The fraction of sp³-hybridized carbons (Fsp3) is 0.562. The molecule has 0 bridgehead atoms. The van der Waals surface area contributed by atoms with E-state index in [2.05, 4.69) is 24.3 Å². The molecule has 0 aliphatic heterocycles. The SMILES string of the molecule is CCOC(=O)C(=CNc1ccnn1CCC(C)C)C(=O)OCC. The van der Waals surface area contributed by atoms with Crippen LogP contribution in [0.5, 0.6) is 0 Å². The monoisotopic (exact) mass is 323 g/mol. The fourth-order valence-corrected chi connectivity index (χ4v) is 1.78. The highest BCUT2D eigenvalue weighted by Gasteiger charge is 2.21. The van der Waals surface area contributed by atoms with Crippen molar-refractivity contribution in [3.63, 3.8) is 0 Å². The van der Waals surface area contributed by atoms with Crippen LogP contribution < -0.4 is 5.32 Å². The van der Waals surface area contributed by atoms with E-state index in [-0.39, 0.29) is 18.8 Å². The normalized spacial score (nSPS) is 10.3. The van der Waals surface area contributed by atoms with Crippen LogP contribution in [0.25, 0.3) is 0 Å². The van der Waals surface area contributed by atoms with Crippen molar-refractivity contribution in [1.82, 2.24) is 9.78 Å². The molecule has 23 heavy (non-hydrogen) atoms. The Bertz CT molecular complexity index is 529. The molecule has 0 saturated heterocycles. The lowest BCUT2D eigenvalue weighted by Crippen LogP contribution is -2.20. The summed E-state index contributed by atoms with van der Waals surface area (Å²) in [6.07, 6.45) is 3.94. The van der Waals surface area contributed by atoms with Crippen LogP contribution in [0.2, 0.25) is 0 Å². The Labute approximate surface area is 136 Å². The largest absolute Gasteiger partial charge is 0.462 e. The first-order valence-electron chi connectivity index (χ1n) is 7.82. The van der Waals surface area contributed by atoms with E-state index >= 15 is 0 Å². The first-order valence-corrected chi connectivity index (χ1v) is 7.82. The van der Waals surface area contributed by atoms with E-state index in [1.54, 1.807) is 30.8 Å². The summed E-state index contributed by atoms with van der Waals surface area (Å²) in [6.45, 7) is 8.73. The van der Waals surface area contributed by atoms with Gasteiger partial charge in [-0.1, -0.05) is 13.8 Å². The molecular weight excluding hydrogens is 298 g/mol. The van der Waals surface area contributed by atoms with Gasteiger partial charge in [-0.05, 0) is 26.2 Å². The number of ether oxygens (including phenoxy) is 2. The number of anilines is 1. The average molecular weight is 323 g/mol. The van der Waals surface area contributed by atoms with E-state index in [1.807, 2.05) is 0 Å². The van der Waals surface area contributed by atoms with Crippen LogP contribution in [0.15, 0.2) is 24.0 Å². The van der Waals surface area contributed by atoms with Crippen molar-refractivity contribution in [3.8, 4) is 0 Å². The topological polar surface area (TPSA) is 82.5 Å². The summed E-state index contributed by atoms with van der Waals surface area (Å²) >= 11 is 0. The van der Waals surface area contributed by atoms with E-state index in [9.17, 15) is 9.59 Å². The van der Waals surface area contributed by atoms with Crippen molar-refractivity contribution in [3.05, 3.63) is 24.0 Å². The molecule has 0 aliphatic carbocycles. The standard InChI is InChI=1S/C16H25N3O4/c1-5-22-15(20)13(16(21)23-6-2)11-17-14-7-9-18-19(14)10-8-12(3)4/h7,9,11-12,17H,5-6,8,10H2,1-4H3. The predicted molar refractivity (Wildman–Crippen MR) is 86.7 cm³/mol. The molecule has 0 saturated carbocycles. The summed E-state index contributed by atoms with van der Waals surface area (Å²) in [5.41, 5.74) is -0.176. The number of hydrogen-bond acceptors (Lipinski definition) is 6. The summed E-state index contributed by atoms with van der Waals surface area (Å²) in [6, 6.07) is 1.77. The molecule has 0 aliphatic rings. The third-order valence-electron chi connectivity index (χ3n) is 2.99. The average Bonchev–Trinajstić information content (AvgIpc) is 2.93. The molecule has 7 nitrogen and oxygen atoms in total. The minimum atomic E-state index is -0.716. The highest BCUT2D eigenvalue weighted by molar-refractivity contribution is 6.14. The van der Waals surface area contributed by atoms with Gasteiger partial charge in [-0.3, -0.25) is 0 Å². The van der Waals surface area contributed by atoms with Gasteiger partial charge in [-0.25, -0.2) is 14.3 Å². The molecule has 0 spiro atoms. The molecule has 0 aromatic carbocycles. The maximum atomic E-state index is 11.9. The molecule has 0 radical (unpaired) electrons. The fourth-order valence-electron chi connectivity index (χ4n) is 1.78. The third-order valence-corrected chi connectivity index (χ3v) is 2.99. The molecule has 1 heterocycles. The summed E-state index contributed by atoms with van der Waals surface area (Å²) in [4.78, 5) is 23.7. The predicted octanol–water partition coefficient (Wildman–Crippen LogP) is 2.35. The van der Waals surface area contributed by atoms with Crippen LogP contribution in [0.3, 0.4) is 0 Å². The third kappa shape index (κ3) is 6.14. The molecule has 7 heteroatoms. The summed E-state index contributed by atoms with van der Waals surface area (Å²) in [5.74, 6) is -0.188. The molecule has 1 aromatic heterocycles. The van der Waals surface area contributed by atoms with Gasteiger partial charge in [0.1, 0.15) is 5.82 Å². The van der Waals surface area contributed by atoms with Gasteiger partial charge in [-0.2, -0.15) is 5.10 Å². The molecule has 0 unspecified atom stereocenters. The number of carbonyl (C=O) groups is 2. The van der Waals surface area contributed by atoms with Gasteiger partial charge in [0, 0.05) is 18.8 Å². The summed E-state index contributed by atoms with van der Waals surface area (Å²) < 4.78 is 11.5. The van der Waals surface area contributed by atoms with Crippen molar-refractivity contribution >= 4 is 17.8 Å². The minimum absolute atomic E-state index is 0.176. The molecule has 1 aromatic rings. The second kappa shape index (κ2) is 9.66. The molecule has 1 rings (SSSR count). The zero-order valence-electron chi connectivity index (χ0n) is 14.2. The Morgan fingerprint density at radius 2 is 1.87 bits per heavy atom. The van der Waals surface area contributed by atoms with Crippen LogP contribution in [-0.4, -0.2) is 34.9 Å². The minimum Gasteiger partial charge on any atom is -0.462 e. The first kappa shape index (κ1) is 18.7. The number of hydrogen-bond donors (Lipinski definition) is 1. The second-order valence-corrected chi connectivity index (χ2v) is 5.27.